The van der Waals surface area contributed by atoms with Gasteiger partial charge in [0.05, 0.1) is 22.0 Å². The first kappa shape index (κ1) is 10.1. The zero-order chi connectivity index (χ0) is 10.7. The van der Waals surface area contributed by atoms with Gasteiger partial charge < -0.3 is 4.42 Å². The predicted octanol–water partition coefficient (Wildman–Crippen LogP) is 1.35. The van der Waals surface area contributed by atoms with Crippen LogP contribution in [0.3, 0.4) is 0 Å². The van der Waals surface area contributed by atoms with Gasteiger partial charge in [-0.05, 0) is 12.1 Å². The van der Waals surface area contributed by atoms with E-state index < -0.39 is 10.8 Å². The molecule has 0 aromatic carbocycles. The van der Waals surface area contributed by atoms with Crippen LogP contribution in [-0.2, 0) is 17.3 Å². The number of nitrogens with zero attached hydrogens (tertiary/aromatic N) is 1. The fraction of sp³-hybridized carbons (Fsp3) is 0.182. The van der Waals surface area contributed by atoms with Gasteiger partial charge in [0.25, 0.3) is 0 Å². The van der Waals surface area contributed by atoms with E-state index >= 15 is 0 Å². The molecule has 1 unspecified atom stereocenters. The van der Waals surface area contributed by atoms with Crippen LogP contribution in [0.1, 0.15) is 5.76 Å². The van der Waals surface area contributed by atoms with Crippen molar-refractivity contribution < 1.29 is 13.2 Å². The first-order valence-electron chi connectivity index (χ1n) is 4.60. The average molecular weight is 222 g/mol. The molecule has 2 rings (SSSR count). The van der Waals surface area contributed by atoms with E-state index in [1.54, 1.807) is 12.5 Å². The SMILES string of the molecule is CS(=O)c1cc[n+](Cc2ccco2)cc1. The molecule has 2 aromatic heterocycles. The maximum absolute atomic E-state index is 11.2. The van der Waals surface area contributed by atoms with E-state index in [4.69, 9.17) is 4.42 Å². The summed E-state index contributed by atoms with van der Waals surface area (Å²) >= 11 is 0. The second-order valence-electron chi connectivity index (χ2n) is 3.24. The van der Waals surface area contributed by atoms with Crippen molar-refractivity contribution >= 4 is 10.8 Å². The molecular weight excluding hydrogens is 210 g/mol. The van der Waals surface area contributed by atoms with Crippen LogP contribution < -0.4 is 4.57 Å². The topological polar surface area (TPSA) is 34.1 Å². The van der Waals surface area contributed by atoms with Crippen LogP contribution in [0.25, 0.3) is 0 Å². The number of aromatic nitrogens is 1. The Morgan fingerprint density at radius 3 is 2.60 bits per heavy atom. The highest BCUT2D eigenvalue weighted by Crippen LogP contribution is 2.02. The van der Waals surface area contributed by atoms with Crippen molar-refractivity contribution in [2.45, 2.75) is 11.4 Å². The zero-order valence-corrected chi connectivity index (χ0v) is 9.24. The molecule has 78 valence electrons. The lowest BCUT2D eigenvalue weighted by molar-refractivity contribution is -0.690. The maximum atomic E-state index is 11.2. The molecule has 0 saturated carbocycles. The monoisotopic (exact) mass is 222 g/mol. The lowest BCUT2D eigenvalue weighted by Crippen LogP contribution is -2.32. The van der Waals surface area contributed by atoms with Crippen molar-refractivity contribution in [3.8, 4) is 0 Å². The third-order valence-corrected chi connectivity index (χ3v) is 3.05. The van der Waals surface area contributed by atoms with E-state index in [2.05, 4.69) is 0 Å². The second kappa shape index (κ2) is 4.40. The average Bonchev–Trinajstić information content (AvgIpc) is 2.71. The summed E-state index contributed by atoms with van der Waals surface area (Å²) in [5.41, 5.74) is 0. The van der Waals surface area contributed by atoms with Gasteiger partial charge in [-0.1, -0.05) is 0 Å². The third-order valence-electron chi connectivity index (χ3n) is 2.11. The summed E-state index contributed by atoms with van der Waals surface area (Å²) in [7, 11) is -0.913. The smallest absolute Gasteiger partial charge is 0.205 e. The Morgan fingerprint density at radius 2 is 2.07 bits per heavy atom. The minimum absolute atomic E-state index is 0.698. The van der Waals surface area contributed by atoms with Crippen LogP contribution in [0.5, 0.6) is 0 Å². The molecule has 0 fully saturated rings. The molecule has 2 aromatic rings. The van der Waals surface area contributed by atoms with Crippen molar-refractivity contribution in [1.82, 2.24) is 0 Å². The van der Waals surface area contributed by atoms with Crippen LogP contribution in [0.15, 0.2) is 52.2 Å². The molecule has 0 radical (unpaired) electrons. The fourth-order valence-corrected chi connectivity index (χ4v) is 1.83. The molecule has 0 N–H and O–H groups in total. The van der Waals surface area contributed by atoms with E-state index in [1.165, 1.54) is 0 Å². The van der Waals surface area contributed by atoms with Crippen molar-refractivity contribution in [3.05, 3.63) is 48.7 Å². The van der Waals surface area contributed by atoms with Crippen molar-refractivity contribution in [1.29, 1.82) is 0 Å². The van der Waals surface area contributed by atoms with Crippen LogP contribution in [-0.4, -0.2) is 10.5 Å². The van der Waals surface area contributed by atoms with Gasteiger partial charge in [0.15, 0.2) is 18.2 Å². The van der Waals surface area contributed by atoms with Gasteiger partial charge in [0, 0.05) is 18.4 Å². The standard InChI is InChI=1S/C11H12NO2S/c1-15(13)11-4-6-12(7-5-11)9-10-3-2-8-14-10/h2-8H,9H2,1H3/q+1. The molecule has 0 aliphatic carbocycles. The highest BCUT2D eigenvalue weighted by atomic mass is 32.2. The van der Waals surface area contributed by atoms with Gasteiger partial charge in [-0.25, -0.2) is 0 Å². The van der Waals surface area contributed by atoms with E-state index in [-0.39, 0.29) is 0 Å². The van der Waals surface area contributed by atoms with Gasteiger partial charge in [0.1, 0.15) is 0 Å². The van der Waals surface area contributed by atoms with Gasteiger partial charge in [-0.2, -0.15) is 4.57 Å². The summed E-state index contributed by atoms with van der Waals surface area (Å²) in [6, 6.07) is 7.52. The van der Waals surface area contributed by atoms with Gasteiger partial charge in [-0.15, -0.1) is 0 Å². The summed E-state index contributed by atoms with van der Waals surface area (Å²) in [6.45, 7) is 0.698. The van der Waals surface area contributed by atoms with Crippen LogP contribution >= 0.6 is 0 Å². The number of rotatable bonds is 3. The molecule has 15 heavy (non-hydrogen) atoms. The van der Waals surface area contributed by atoms with E-state index in [0.717, 1.165) is 10.7 Å². The second-order valence-corrected chi connectivity index (χ2v) is 4.62. The zero-order valence-electron chi connectivity index (χ0n) is 8.42. The Morgan fingerprint density at radius 1 is 1.33 bits per heavy atom. The van der Waals surface area contributed by atoms with Crippen molar-refractivity contribution in [3.63, 3.8) is 0 Å². The summed E-state index contributed by atoms with van der Waals surface area (Å²) in [5.74, 6) is 0.908. The minimum atomic E-state index is -0.913. The summed E-state index contributed by atoms with van der Waals surface area (Å²) in [6.07, 6.45) is 7.13. The normalized spacial score (nSPS) is 12.6. The molecular formula is C11H12NO2S+. The summed E-state index contributed by atoms with van der Waals surface area (Å²) in [5, 5.41) is 0. The fourth-order valence-electron chi connectivity index (χ4n) is 1.32. The molecule has 1 atom stereocenters. The highest BCUT2D eigenvalue weighted by Gasteiger charge is 2.05. The first-order chi connectivity index (χ1) is 7.25. The lowest BCUT2D eigenvalue weighted by atomic mass is 10.4. The highest BCUT2D eigenvalue weighted by molar-refractivity contribution is 7.84. The summed E-state index contributed by atoms with van der Waals surface area (Å²) in [4.78, 5) is 0.839. The van der Waals surface area contributed by atoms with Gasteiger partial charge in [0.2, 0.25) is 6.54 Å². The largest absolute Gasteiger partial charge is 0.463 e. The Balaban J connectivity index is 2.14. The van der Waals surface area contributed by atoms with E-state index in [9.17, 15) is 4.21 Å². The maximum Gasteiger partial charge on any atom is 0.205 e. The third kappa shape index (κ3) is 2.53. The molecule has 3 nitrogen and oxygen atoms in total. The number of pyridine rings is 1. The van der Waals surface area contributed by atoms with Gasteiger partial charge >= 0.3 is 0 Å². The molecule has 0 aliphatic heterocycles. The molecule has 0 amide bonds. The van der Waals surface area contributed by atoms with Crippen LogP contribution in [0, 0.1) is 0 Å². The number of hydrogen-bond acceptors (Lipinski definition) is 2. The number of furan rings is 1. The predicted molar refractivity (Wildman–Crippen MR) is 56.8 cm³/mol. The Labute approximate surface area is 90.8 Å². The Bertz CT molecular complexity index is 448. The minimum Gasteiger partial charge on any atom is -0.463 e. The Hall–Kier alpha value is -1.42. The molecule has 0 bridgehead atoms. The van der Waals surface area contributed by atoms with E-state index in [1.807, 2.05) is 41.2 Å². The van der Waals surface area contributed by atoms with Crippen molar-refractivity contribution in [2.24, 2.45) is 0 Å². The van der Waals surface area contributed by atoms with Crippen LogP contribution in [0.2, 0.25) is 0 Å². The van der Waals surface area contributed by atoms with Crippen molar-refractivity contribution in [2.75, 3.05) is 6.26 Å². The Kier molecular flexibility index (Phi) is 2.97. The number of hydrogen-bond donors (Lipinski definition) is 0. The molecule has 0 saturated heterocycles. The quantitative estimate of drug-likeness (QED) is 0.735. The van der Waals surface area contributed by atoms with E-state index in [0.29, 0.717) is 6.54 Å². The first-order valence-corrected chi connectivity index (χ1v) is 6.16. The molecule has 2 heterocycles. The molecule has 4 heteroatoms. The van der Waals surface area contributed by atoms with Crippen LogP contribution in [0.4, 0.5) is 0 Å². The molecule has 0 spiro atoms. The summed E-state index contributed by atoms with van der Waals surface area (Å²) < 4.78 is 18.4. The van der Waals surface area contributed by atoms with Gasteiger partial charge in [-0.3, -0.25) is 4.21 Å². The molecule has 0 aliphatic rings. The lowest BCUT2D eigenvalue weighted by Gasteiger charge is -1.95.